The SMILES string of the molecule is CC(=O)c1c(O)ccc(-c2ccccc2)c1O. The number of carbonyl (C=O) groups is 1. The van der Waals surface area contributed by atoms with Gasteiger partial charge in [-0.15, -0.1) is 0 Å². The second-order valence-corrected chi connectivity index (χ2v) is 3.78. The number of carbonyl (C=O) groups excluding carboxylic acids is 1. The number of hydrogen-bond donors (Lipinski definition) is 2. The van der Waals surface area contributed by atoms with Crippen molar-refractivity contribution in [3.05, 3.63) is 48.0 Å². The second kappa shape index (κ2) is 4.29. The van der Waals surface area contributed by atoms with Crippen LogP contribution < -0.4 is 0 Å². The van der Waals surface area contributed by atoms with Crippen LogP contribution in [0.2, 0.25) is 0 Å². The van der Waals surface area contributed by atoms with E-state index in [1.807, 2.05) is 30.3 Å². The fourth-order valence-electron chi connectivity index (χ4n) is 1.78. The Hall–Kier alpha value is -2.29. The third-order valence-electron chi connectivity index (χ3n) is 2.59. The summed E-state index contributed by atoms with van der Waals surface area (Å²) in [6, 6.07) is 12.2. The molecule has 0 unspecified atom stereocenters. The van der Waals surface area contributed by atoms with Gasteiger partial charge in [-0.1, -0.05) is 30.3 Å². The first kappa shape index (κ1) is 11.2. The molecule has 3 heteroatoms. The Kier molecular flexibility index (Phi) is 2.83. The molecule has 0 heterocycles. The minimum absolute atomic E-state index is 0.0358. The lowest BCUT2D eigenvalue weighted by Gasteiger charge is -2.09. The molecule has 2 rings (SSSR count). The zero-order valence-corrected chi connectivity index (χ0v) is 9.34. The molecule has 86 valence electrons. The van der Waals surface area contributed by atoms with Gasteiger partial charge in [0.25, 0.3) is 0 Å². The lowest BCUT2D eigenvalue weighted by atomic mass is 9.99. The van der Waals surface area contributed by atoms with Crippen LogP contribution in [0.3, 0.4) is 0 Å². The summed E-state index contributed by atoms with van der Waals surface area (Å²) >= 11 is 0. The molecular formula is C14H12O3. The lowest BCUT2D eigenvalue weighted by molar-refractivity contribution is 0.101. The van der Waals surface area contributed by atoms with Crippen LogP contribution in [-0.2, 0) is 0 Å². The summed E-state index contributed by atoms with van der Waals surface area (Å²) < 4.78 is 0. The molecule has 2 aromatic carbocycles. The molecule has 0 aliphatic heterocycles. The molecule has 17 heavy (non-hydrogen) atoms. The van der Waals surface area contributed by atoms with E-state index in [0.29, 0.717) is 5.56 Å². The van der Waals surface area contributed by atoms with Crippen molar-refractivity contribution in [2.75, 3.05) is 0 Å². The first-order valence-electron chi connectivity index (χ1n) is 5.22. The zero-order valence-electron chi connectivity index (χ0n) is 9.34. The van der Waals surface area contributed by atoms with Gasteiger partial charge < -0.3 is 10.2 Å². The molecule has 0 aliphatic rings. The molecule has 2 N–H and O–H groups in total. The van der Waals surface area contributed by atoms with Crippen LogP contribution in [-0.4, -0.2) is 16.0 Å². The Morgan fingerprint density at radius 2 is 1.65 bits per heavy atom. The number of aromatic hydroxyl groups is 2. The molecular weight excluding hydrogens is 216 g/mol. The van der Waals surface area contributed by atoms with Crippen LogP contribution in [0.15, 0.2) is 42.5 Å². The maximum absolute atomic E-state index is 11.4. The predicted octanol–water partition coefficient (Wildman–Crippen LogP) is 2.97. The topological polar surface area (TPSA) is 57.5 Å². The van der Waals surface area contributed by atoms with Gasteiger partial charge in [0, 0.05) is 5.56 Å². The van der Waals surface area contributed by atoms with Gasteiger partial charge in [0.15, 0.2) is 5.78 Å². The Balaban J connectivity index is 2.66. The van der Waals surface area contributed by atoms with E-state index in [2.05, 4.69) is 0 Å². The molecule has 0 saturated carbocycles. The second-order valence-electron chi connectivity index (χ2n) is 3.78. The van der Waals surface area contributed by atoms with Gasteiger partial charge in [-0.3, -0.25) is 4.79 Å². The number of benzene rings is 2. The zero-order chi connectivity index (χ0) is 12.4. The van der Waals surface area contributed by atoms with E-state index in [9.17, 15) is 15.0 Å². The third-order valence-corrected chi connectivity index (χ3v) is 2.59. The smallest absolute Gasteiger partial charge is 0.167 e. The number of Topliss-reactive ketones (excluding diaryl/α,β-unsaturated/α-hetero) is 1. The minimum Gasteiger partial charge on any atom is -0.507 e. The van der Waals surface area contributed by atoms with Gasteiger partial charge >= 0.3 is 0 Å². The number of phenols is 2. The summed E-state index contributed by atoms with van der Waals surface area (Å²) in [5, 5.41) is 19.6. The predicted molar refractivity (Wildman–Crippen MR) is 65.2 cm³/mol. The quantitative estimate of drug-likeness (QED) is 0.777. The molecule has 0 spiro atoms. The molecule has 0 amide bonds. The highest BCUT2D eigenvalue weighted by molar-refractivity contribution is 6.01. The highest BCUT2D eigenvalue weighted by atomic mass is 16.3. The van der Waals surface area contributed by atoms with E-state index in [4.69, 9.17) is 0 Å². The molecule has 0 aromatic heterocycles. The number of hydrogen-bond acceptors (Lipinski definition) is 3. The van der Waals surface area contributed by atoms with Crippen LogP contribution in [0.5, 0.6) is 11.5 Å². The molecule has 0 fully saturated rings. The first-order chi connectivity index (χ1) is 8.11. The van der Waals surface area contributed by atoms with Crippen molar-refractivity contribution in [3.8, 4) is 22.6 Å². The molecule has 3 nitrogen and oxygen atoms in total. The summed E-state index contributed by atoms with van der Waals surface area (Å²) in [5.41, 5.74) is 1.30. The third kappa shape index (κ3) is 1.99. The van der Waals surface area contributed by atoms with E-state index in [1.165, 1.54) is 13.0 Å². The standard InChI is InChI=1S/C14H12O3/c1-9(15)13-12(16)8-7-11(14(13)17)10-5-3-2-4-6-10/h2-8,16-17H,1H3. The van der Waals surface area contributed by atoms with Crippen molar-refractivity contribution >= 4 is 5.78 Å². The molecule has 0 bridgehead atoms. The van der Waals surface area contributed by atoms with E-state index in [0.717, 1.165) is 5.56 Å². The average molecular weight is 228 g/mol. The van der Waals surface area contributed by atoms with Gasteiger partial charge in [0.1, 0.15) is 17.1 Å². The molecule has 0 aliphatic carbocycles. The number of rotatable bonds is 2. The van der Waals surface area contributed by atoms with Crippen molar-refractivity contribution in [2.24, 2.45) is 0 Å². The largest absolute Gasteiger partial charge is 0.507 e. The Morgan fingerprint density at radius 1 is 1.00 bits per heavy atom. The van der Waals surface area contributed by atoms with Crippen molar-refractivity contribution in [2.45, 2.75) is 6.92 Å². The van der Waals surface area contributed by atoms with Crippen LogP contribution in [0.25, 0.3) is 11.1 Å². The lowest BCUT2D eigenvalue weighted by Crippen LogP contribution is -1.95. The maximum atomic E-state index is 11.4. The van der Waals surface area contributed by atoms with E-state index in [1.54, 1.807) is 6.07 Å². The van der Waals surface area contributed by atoms with Crippen LogP contribution in [0.1, 0.15) is 17.3 Å². The summed E-state index contributed by atoms with van der Waals surface area (Å²) in [6.45, 7) is 1.31. The van der Waals surface area contributed by atoms with Crippen molar-refractivity contribution < 1.29 is 15.0 Å². The summed E-state index contributed by atoms with van der Waals surface area (Å²) in [7, 11) is 0. The number of ketones is 1. The van der Waals surface area contributed by atoms with Crippen LogP contribution in [0.4, 0.5) is 0 Å². The first-order valence-corrected chi connectivity index (χ1v) is 5.22. The van der Waals surface area contributed by atoms with Crippen LogP contribution in [0, 0.1) is 0 Å². The Labute approximate surface area is 99.0 Å². The average Bonchev–Trinajstić information content (AvgIpc) is 2.30. The normalized spacial score (nSPS) is 10.2. The van der Waals surface area contributed by atoms with E-state index in [-0.39, 0.29) is 22.8 Å². The summed E-state index contributed by atoms with van der Waals surface area (Å²) in [4.78, 5) is 11.4. The number of phenolic OH excluding ortho intramolecular Hbond substituents is 2. The fraction of sp³-hybridized carbons (Fsp3) is 0.0714. The fourth-order valence-corrected chi connectivity index (χ4v) is 1.78. The van der Waals surface area contributed by atoms with Crippen molar-refractivity contribution in [3.63, 3.8) is 0 Å². The highest BCUT2D eigenvalue weighted by Crippen LogP contribution is 2.37. The minimum atomic E-state index is -0.363. The van der Waals surface area contributed by atoms with Gasteiger partial charge in [0.05, 0.1) is 0 Å². The summed E-state index contributed by atoms with van der Waals surface area (Å²) in [6.07, 6.45) is 0. The monoisotopic (exact) mass is 228 g/mol. The molecule has 0 radical (unpaired) electrons. The summed E-state index contributed by atoms with van der Waals surface area (Å²) in [5.74, 6) is -0.740. The van der Waals surface area contributed by atoms with E-state index >= 15 is 0 Å². The van der Waals surface area contributed by atoms with Crippen LogP contribution >= 0.6 is 0 Å². The molecule has 2 aromatic rings. The Morgan fingerprint density at radius 3 is 2.24 bits per heavy atom. The maximum Gasteiger partial charge on any atom is 0.167 e. The van der Waals surface area contributed by atoms with Gasteiger partial charge in [-0.2, -0.15) is 0 Å². The molecule has 0 atom stereocenters. The van der Waals surface area contributed by atoms with Crippen molar-refractivity contribution in [1.82, 2.24) is 0 Å². The van der Waals surface area contributed by atoms with Gasteiger partial charge in [-0.05, 0) is 24.6 Å². The highest BCUT2D eigenvalue weighted by Gasteiger charge is 2.16. The van der Waals surface area contributed by atoms with E-state index < -0.39 is 0 Å². The Bertz CT molecular complexity index is 559. The van der Waals surface area contributed by atoms with Gasteiger partial charge in [-0.25, -0.2) is 0 Å². The van der Waals surface area contributed by atoms with Crippen molar-refractivity contribution in [1.29, 1.82) is 0 Å². The molecule has 0 saturated heterocycles. The van der Waals surface area contributed by atoms with Gasteiger partial charge in [0.2, 0.25) is 0 Å².